The first-order valence-corrected chi connectivity index (χ1v) is 11.8. The lowest BCUT2D eigenvalue weighted by atomic mass is 9.77. The van der Waals surface area contributed by atoms with Crippen molar-refractivity contribution in [3.8, 4) is 0 Å². The quantitative estimate of drug-likeness (QED) is 0.361. The van der Waals surface area contributed by atoms with Crippen LogP contribution in [0.4, 0.5) is 5.69 Å². The number of ketones is 2. The lowest BCUT2D eigenvalue weighted by molar-refractivity contribution is -0.127. The van der Waals surface area contributed by atoms with Crippen molar-refractivity contribution in [2.24, 2.45) is 11.8 Å². The summed E-state index contributed by atoms with van der Waals surface area (Å²) in [6.07, 6.45) is -0.973. The third-order valence-electron chi connectivity index (χ3n) is 7.03. The summed E-state index contributed by atoms with van der Waals surface area (Å²) in [5.41, 5.74) is 0.0256. The Labute approximate surface area is 210 Å². The van der Waals surface area contributed by atoms with Gasteiger partial charge in [0.05, 0.1) is 23.6 Å². The number of hydrogen-bond acceptors (Lipinski definition) is 5. The van der Waals surface area contributed by atoms with E-state index in [1.165, 1.54) is 30.3 Å². The summed E-state index contributed by atoms with van der Waals surface area (Å²) in [6, 6.07) is 18.0. The van der Waals surface area contributed by atoms with Gasteiger partial charge in [0.2, 0.25) is 29.0 Å². The molecule has 0 aromatic heterocycles. The molecule has 6 rings (SSSR count). The highest BCUT2D eigenvalue weighted by Crippen LogP contribution is 2.57. The first-order valence-electron chi connectivity index (χ1n) is 11.0. The van der Waals surface area contributed by atoms with Crippen LogP contribution in [0, 0.1) is 18.8 Å². The summed E-state index contributed by atoms with van der Waals surface area (Å²) < 4.78 is 6.26. The molecule has 3 aromatic rings. The van der Waals surface area contributed by atoms with Gasteiger partial charge in [0.15, 0.2) is 0 Å². The second kappa shape index (κ2) is 7.59. The maximum absolute atomic E-state index is 13.9. The Morgan fingerprint density at radius 3 is 1.94 bits per heavy atom. The van der Waals surface area contributed by atoms with Crippen LogP contribution in [0.15, 0.2) is 66.7 Å². The molecule has 2 heterocycles. The molecule has 2 aliphatic heterocycles. The normalized spacial score (nSPS) is 24.4. The van der Waals surface area contributed by atoms with Crippen LogP contribution in [-0.2, 0) is 14.3 Å². The molecule has 1 aliphatic carbocycles. The molecule has 1 spiro atoms. The zero-order valence-corrected chi connectivity index (χ0v) is 19.8. The van der Waals surface area contributed by atoms with E-state index in [4.69, 9.17) is 27.9 Å². The Kier molecular flexibility index (Phi) is 4.81. The highest BCUT2D eigenvalue weighted by atomic mass is 35.5. The van der Waals surface area contributed by atoms with Gasteiger partial charge < -0.3 is 4.74 Å². The number of aryl methyl sites for hydroxylation is 1. The van der Waals surface area contributed by atoms with Crippen molar-refractivity contribution in [1.29, 1.82) is 0 Å². The molecular formula is C27H17Cl2NO5. The van der Waals surface area contributed by atoms with E-state index in [0.29, 0.717) is 5.56 Å². The molecule has 3 aliphatic rings. The van der Waals surface area contributed by atoms with Crippen molar-refractivity contribution in [2.75, 3.05) is 4.90 Å². The van der Waals surface area contributed by atoms with E-state index >= 15 is 0 Å². The second-order valence-electron chi connectivity index (χ2n) is 9.03. The third-order valence-corrected chi connectivity index (χ3v) is 7.47. The molecule has 0 N–H and O–H groups in total. The molecule has 0 unspecified atom stereocenters. The highest BCUT2D eigenvalue weighted by molar-refractivity contribution is 6.38. The highest BCUT2D eigenvalue weighted by Gasteiger charge is 2.74. The smallest absolute Gasteiger partial charge is 0.241 e. The van der Waals surface area contributed by atoms with Gasteiger partial charge in [-0.2, -0.15) is 0 Å². The molecule has 3 aromatic carbocycles. The summed E-state index contributed by atoms with van der Waals surface area (Å²) in [5.74, 6) is -4.87. The standard InChI is InChI=1S/C27H17Cl2NO5/c1-13-6-8-14(9-7-13)22-20-21(26(34)30(25(20)33)17-11-15(28)10-16(29)12-17)27(35-22)23(31)18-4-2-3-5-19(18)24(27)32/h2-12,20-22H,1H3/t20-,21-,22-/m0/s1. The molecule has 2 saturated heterocycles. The first-order chi connectivity index (χ1) is 16.7. The number of nitrogens with zero attached hydrogens (tertiary/aromatic N) is 1. The molecule has 0 saturated carbocycles. The molecule has 2 fully saturated rings. The largest absolute Gasteiger partial charge is 0.349 e. The monoisotopic (exact) mass is 505 g/mol. The van der Waals surface area contributed by atoms with E-state index in [9.17, 15) is 19.2 Å². The lowest BCUT2D eigenvalue weighted by Gasteiger charge is -2.27. The molecule has 35 heavy (non-hydrogen) atoms. The Bertz CT molecular complexity index is 1410. The van der Waals surface area contributed by atoms with E-state index in [0.717, 1.165) is 10.5 Å². The Morgan fingerprint density at radius 2 is 1.37 bits per heavy atom. The Morgan fingerprint density at radius 1 is 0.800 bits per heavy atom. The van der Waals surface area contributed by atoms with Gasteiger partial charge in [-0.3, -0.25) is 19.2 Å². The minimum atomic E-state index is -2.12. The topological polar surface area (TPSA) is 80.8 Å². The van der Waals surface area contributed by atoms with Crippen LogP contribution in [0.2, 0.25) is 10.0 Å². The number of halogens is 2. The van der Waals surface area contributed by atoms with Gasteiger partial charge in [-0.15, -0.1) is 0 Å². The van der Waals surface area contributed by atoms with Crippen molar-refractivity contribution in [3.05, 3.63) is 99.0 Å². The molecule has 0 bridgehead atoms. The van der Waals surface area contributed by atoms with Crippen LogP contribution in [0.1, 0.15) is 37.9 Å². The van der Waals surface area contributed by atoms with Crippen LogP contribution in [0.25, 0.3) is 0 Å². The third kappa shape index (κ3) is 2.94. The lowest BCUT2D eigenvalue weighted by Crippen LogP contribution is -2.51. The van der Waals surface area contributed by atoms with Gasteiger partial charge in [-0.1, -0.05) is 77.3 Å². The van der Waals surface area contributed by atoms with E-state index in [2.05, 4.69) is 0 Å². The number of amides is 2. The zero-order valence-electron chi connectivity index (χ0n) is 18.3. The first kappa shape index (κ1) is 22.2. The number of fused-ring (bicyclic) bond motifs is 3. The van der Waals surface area contributed by atoms with Gasteiger partial charge >= 0.3 is 0 Å². The summed E-state index contributed by atoms with van der Waals surface area (Å²) in [5, 5.41) is 0.485. The molecule has 174 valence electrons. The number of carbonyl (C=O) groups excluding carboxylic acids is 4. The van der Waals surface area contributed by atoms with E-state index < -0.39 is 46.9 Å². The summed E-state index contributed by atoms with van der Waals surface area (Å²) in [6.45, 7) is 1.92. The number of rotatable bonds is 2. The summed E-state index contributed by atoms with van der Waals surface area (Å²) in [4.78, 5) is 56.2. The van der Waals surface area contributed by atoms with Crippen LogP contribution >= 0.6 is 23.2 Å². The summed E-state index contributed by atoms with van der Waals surface area (Å²) in [7, 11) is 0. The number of carbonyl (C=O) groups is 4. The van der Waals surface area contributed by atoms with Crippen LogP contribution < -0.4 is 4.90 Å². The van der Waals surface area contributed by atoms with E-state index in [1.807, 2.05) is 19.1 Å². The fourth-order valence-electron chi connectivity index (χ4n) is 5.50. The number of anilines is 1. The van der Waals surface area contributed by atoms with Crippen LogP contribution in [0.3, 0.4) is 0 Å². The van der Waals surface area contributed by atoms with Gasteiger partial charge in [0.1, 0.15) is 0 Å². The fourth-order valence-corrected chi connectivity index (χ4v) is 6.01. The molecule has 0 radical (unpaired) electrons. The SMILES string of the molecule is Cc1ccc([C@@H]2OC3(C(=O)c4ccccc4C3=O)[C@@H]3C(=O)N(c4cc(Cl)cc(Cl)c4)C(=O)[C@@H]32)cc1. The van der Waals surface area contributed by atoms with Gasteiger partial charge in [0.25, 0.3) is 0 Å². The van der Waals surface area contributed by atoms with Crippen LogP contribution in [-0.4, -0.2) is 29.0 Å². The number of benzene rings is 3. The van der Waals surface area contributed by atoms with Crippen LogP contribution in [0.5, 0.6) is 0 Å². The summed E-state index contributed by atoms with van der Waals surface area (Å²) >= 11 is 12.3. The van der Waals surface area contributed by atoms with Crippen molar-refractivity contribution in [2.45, 2.75) is 18.6 Å². The molecule has 8 heteroatoms. The Balaban J connectivity index is 1.55. The number of ether oxygens (including phenoxy) is 1. The Hall–Kier alpha value is -3.32. The fraction of sp³-hybridized carbons (Fsp3) is 0.185. The molecule has 2 amide bonds. The maximum atomic E-state index is 13.9. The number of hydrogen-bond donors (Lipinski definition) is 0. The van der Waals surface area contributed by atoms with Gasteiger partial charge in [-0.05, 0) is 30.7 Å². The van der Waals surface area contributed by atoms with Crippen molar-refractivity contribution >= 4 is 52.3 Å². The van der Waals surface area contributed by atoms with Crippen molar-refractivity contribution in [1.82, 2.24) is 0 Å². The minimum Gasteiger partial charge on any atom is -0.349 e. The van der Waals surface area contributed by atoms with Gasteiger partial charge in [0, 0.05) is 21.2 Å². The van der Waals surface area contributed by atoms with E-state index in [1.54, 1.807) is 24.3 Å². The average molecular weight is 506 g/mol. The van der Waals surface area contributed by atoms with Gasteiger partial charge in [-0.25, -0.2) is 4.90 Å². The van der Waals surface area contributed by atoms with Crippen molar-refractivity contribution < 1.29 is 23.9 Å². The molecule has 3 atom stereocenters. The minimum absolute atomic E-state index is 0.181. The number of Topliss-reactive ketones (excluding diaryl/α,β-unsaturated/α-hetero) is 2. The van der Waals surface area contributed by atoms with Crippen molar-refractivity contribution in [3.63, 3.8) is 0 Å². The predicted molar refractivity (Wildman–Crippen MR) is 129 cm³/mol. The number of imide groups is 1. The molecular weight excluding hydrogens is 489 g/mol. The average Bonchev–Trinajstić information content (AvgIpc) is 3.39. The predicted octanol–water partition coefficient (Wildman–Crippen LogP) is 5.00. The molecule has 6 nitrogen and oxygen atoms in total. The second-order valence-corrected chi connectivity index (χ2v) is 9.90. The maximum Gasteiger partial charge on any atom is 0.241 e. The van der Waals surface area contributed by atoms with E-state index in [-0.39, 0.29) is 26.9 Å². The zero-order chi connectivity index (χ0) is 24.6.